The van der Waals surface area contributed by atoms with E-state index in [0.29, 0.717) is 12.0 Å². The molecule has 0 radical (unpaired) electrons. The number of carbonyl (C=O) groups is 1. The van der Waals surface area contributed by atoms with Crippen LogP contribution in [-0.2, 0) is 9.53 Å². The van der Waals surface area contributed by atoms with Gasteiger partial charge in [-0.15, -0.1) is 0 Å². The van der Waals surface area contributed by atoms with Crippen LogP contribution < -0.4 is 0 Å². The largest absolute Gasteiger partial charge is 0.469 e. The molecule has 2 bridgehead atoms. The first kappa shape index (κ1) is 13.4. The van der Waals surface area contributed by atoms with Crippen LogP contribution in [0.2, 0.25) is 0 Å². The van der Waals surface area contributed by atoms with Gasteiger partial charge in [0.25, 0.3) is 0 Å². The molecule has 0 aromatic carbocycles. The van der Waals surface area contributed by atoms with E-state index in [9.17, 15) is 4.79 Å². The number of esters is 1. The highest BCUT2D eigenvalue weighted by Gasteiger charge is 2.51. The molecule has 0 N–H and O–H groups in total. The summed E-state index contributed by atoms with van der Waals surface area (Å²) >= 11 is 0. The van der Waals surface area contributed by atoms with Gasteiger partial charge in [-0.2, -0.15) is 0 Å². The summed E-state index contributed by atoms with van der Waals surface area (Å²) in [7, 11) is 3.76. The maximum absolute atomic E-state index is 12.3. The number of methoxy groups -OCH3 is 1. The zero-order valence-electron chi connectivity index (χ0n) is 12.3. The molecule has 19 heavy (non-hydrogen) atoms. The van der Waals surface area contributed by atoms with Crippen molar-refractivity contribution in [3.63, 3.8) is 0 Å². The summed E-state index contributed by atoms with van der Waals surface area (Å²) in [6, 6.07) is 1.16. The van der Waals surface area contributed by atoms with Crippen molar-refractivity contribution < 1.29 is 9.53 Å². The van der Waals surface area contributed by atoms with Crippen LogP contribution >= 0.6 is 0 Å². The summed E-state index contributed by atoms with van der Waals surface area (Å²) in [6.45, 7) is 0. The van der Waals surface area contributed by atoms with E-state index in [2.05, 4.69) is 11.9 Å². The van der Waals surface area contributed by atoms with Gasteiger partial charge in [0, 0.05) is 12.1 Å². The number of ether oxygens (including phenoxy) is 1. The van der Waals surface area contributed by atoms with Crippen molar-refractivity contribution in [3.05, 3.63) is 0 Å². The van der Waals surface area contributed by atoms with Crippen molar-refractivity contribution in [2.75, 3.05) is 14.2 Å². The minimum absolute atomic E-state index is 0.0489. The van der Waals surface area contributed by atoms with Gasteiger partial charge in [-0.1, -0.05) is 32.1 Å². The van der Waals surface area contributed by atoms with Crippen molar-refractivity contribution >= 4 is 5.97 Å². The summed E-state index contributed by atoms with van der Waals surface area (Å²) in [5.74, 6) is 1.54. The first-order chi connectivity index (χ1) is 9.22. The number of carbonyl (C=O) groups excluding carboxylic acids is 1. The van der Waals surface area contributed by atoms with E-state index in [4.69, 9.17) is 4.74 Å². The SMILES string of the molecule is COC(=O)C1C(C2CCCCC2)CC2CCC1N2C. The quantitative estimate of drug-likeness (QED) is 0.719. The highest BCUT2D eigenvalue weighted by Crippen LogP contribution is 2.47. The van der Waals surface area contributed by atoms with E-state index in [0.717, 1.165) is 12.0 Å². The van der Waals surface area contributed by atoms with Gasteiger partial charge in [0.1, 0.15) is 0 Å². The Morgan fingerprint density at radius 2 is 1.84 bits per heavy atom. The minimum atomic E-state index is 0.0489. The highest BCUT2D eigenvalue weighted by molar-refractivity contribution is 5.74. The smallest absolute Gasteiger partial charge is 0.310 e. The lowest BCUT2D eigenvalue weighted by molar-refractivity contribution is -0.154. The van der Waals surface area contributed by atoms with Crippen molar-refractivity contribution in [2.45, 2.75) is 63.5 Å². The predicted molar refractivity (Wildman–Crippen MR) is 74.8 cm³/mol. The number of piperidine rings is 1. The van der Waals surface area contributed by atoms with Crippen LogP contribution in [0.3, 0.4) is 0 Å². The third-order valence-electron chi connectivity index (χ3n) is 6.04. The zero-order valence-corrected chi connectivity index (χ0v) is 12.3. The van der Waals surface area contributed by atoms with Gasteiger partial charge in [0.2, 0.25) is 0 Å². The lowest BCUT2D eigenvalue weighted by atomic mass is 9.68. The fraction of sp³-hybridized carbons (Fsp3) is 0.938. The van der Waals surface area contributed by atoms with Gasteiger partial charge in [0.15, 0.2) is 0 Å². The lowest BCUT2D eigenvalue weighted by Gasteiger charge is -2.45. The Kier molecular flexibility index (Phi) is 3.84. The van der Waals surface area contributed by atoms with E-state index >= 15 is 0 Å². The van der Waals surface area contributed by atoms with Gasteiger partial charge in [-0.05, 0) is 38.1 Å². The van der Waals surface area contributed by atoms with Gasteiger partial charge in [-0.25, -0.2) is 0 Å². The molecule has 0 spiro atoms. The Balaban J connectivity index is 1.82. The Morgan fingerprint density at radius 3 is 2.53 bits per heavy atom. The van der Waals surface area contributed by atoms with E-state index in [1.807, 2.05) is 0 Å². The maximum atomic E-state index is 12.3. The second-order valence-corrected chi connectivity index (χ2v) is 6.81. The molecule has 108 valence electrons. The van der Waals surface area contributed by atoms with Crippen molar-refractivity contribution in [3.8, 4) is 0 Å². The highest BCUT2D eigenvalue weighted by atomic mass is 16.5. The normalized spacial score (nSPS) is 40.3. The molecule has 0 aromatic rings. The molecule has 1 saturated carbocycles. The molecule has 3 nitrogen and oxygen atoms in total. The summed E-state index contributed by atoms with van der Waals surface area (Å²) in [6.07, 6.45) is 10.5. The summed E-state index contributed by atoms with van der Waals surface area (Å²) in [5.41, 5.74) is 0. The number of hydrogen-bond donors (Lipinski definition) is 0. The molecule has 4 unspecified atom stereocenters. The van der Waals surface area contributed by atoms with Crippen LogP contribution in [0, 0.1) is 17.8 Å². The third kappa shape index (κ3) is 2.31. The predicted octanol–water partition coefficient (Wildman–Crippen LogP) is 2.84. The standard InChI is InChI=1S/C16H27NO2/c1-17-12-8-9-14(17)15(16(18)19-2)13(10-12)11-6-4-3-5-7-11/h11-15H,3-10H2,1-2H3. The minimum Gasteiger partial charge on any atom is -0.469 e. The van der Waals surface area contributed by atoms with Gasteiger partial charge in [-0.3, -0.25) is 9.69 Å². The third-order valence-corrected chi connectivity index (χ3v) is 6.04. The van der Waals surface area contributed by atoms with Crippen molar-refractivity contribution in [1.82, 2.24) is 4.90 Å². The summed E-state index contributed by atoms with van der Waals surface area (Å²) in [5, 5.41) is 0. The average molecular weight is 265 g/mol. The van der Waals surface area contributed by atoms with Gasteiger partial charge >= 0.3 is 5.97 Å². The van der Waals surface area contributed by atoms with E-state index in [-0.39, 0.29) is 11.9 Å². The van der Waals surface area contributed by atoms with Gasteiger partial charge in [0.05, 0.1) is 13.0 Å². The number of hydrogen-bond acceptors (Lipinski definition) is 3. The first-order valence-electron chi connectivity index (χ1n) is 8.02. The van der Waals surface area contributed by atoms with Crippen molar-refractivity contribution in [2.24, 2.45) is 17.8 Å². The monoisotopic (exact) mass is 265 g/mol. The lowest BCUT2D eigenvalue weighted by Crippen LogP contribution is -2.51. The molecule has 3 rings (SSSR count). The number of nitrogens with zero attached hydrogens (tertiary/aromatic N) is 1. The van der Waals surface area contributed by atoms with E-state index in [1.165, 1.54) is 51.4 Å². The van der Waals surface area contributed by atoms with Crippen LogP contribution in [0.5, 0.6) is 0 Å². The summed E-state index contributed by atoms with van der Waals surface area (Å²) in [4.78, 5) is 14.8. The molecule has 1 aliphatic carbocycles. The van der Waals surface area contributed by atoms with Crippen LogP contribution in [0.25, 0.3) is 0 Å². The molecule has 3 aliphatic rings. The van der Waals surface area contributed by atoms with Gasteiger partial charge < -0.3 is 4.74 Å². The van der Waals surface area contributed by atoms with E-state index in [1.54, 1.807) is 7.11 Å². The van der Waals surface area contributed by atoms with Crippen LogP contribution in [0.4, 0.5) is 0 Å². The Hall–Kier alpha value is -0.570. The van der Waals surface area contributed by atoms with Crippen LogP contribution in [0.15, 0.2) is 0 Å². The molecule has 3 heteroatoms. The number of fused-ring (bicyclic) bond motifs is 2. The molecule has 0 amide bonds. The second-order valence-electron chi connectivity index (χ2n) is 6.81. The molecular formula is C16H27NO2. The fourth-order valence-corrected chi connectivity index (χ4v) is 5.02. The van der Waals surface area contributed by atoms with Crippen LogP contribution in [-0.4, -0.2) is 37.1 Å². The zero-order chi connectivity index (χ0) is 13.4. The molecule has 2 saturated heterocycles. The molecule has 2 aliphatic heterocycles. The molecule has 3 fully saturated rings. The maximum Gasteiger partial charge on any atom is 0.310 e. The molecular weight excluding hydrogens is 238 g/mol. The number of rotatable bonds is 2. The van der Waals surface area contributed by atoms with Crippen molar-refractivity contribution in [1.29, 1.82) is 0 Å². The topological polar surface area (TPSA) is 29.5 Å². The average Bonchev–Trinajstić information content (AvgIpc) is 2.70. The Bertz CT molecular complexity index is 338. The summed E-state index contributed by atoms with van der Waals surface area (Å²) < 4.78 is 5.14. The molecule has 2 heterocycles. The second kappa shape index (κ2) is 5.43. The molecule has 0 aromatic heterocycles. The Labute approximate surface area is 116 Å². The molecule has 4 atom stereocenters. The Morgan fingerprint density at radius 1 is 1.11 bits per heavy atom. The van der Waals surface area contributed by atoms with E-state index < -0.39 is 0 Å². The van der Waals surface area contributed by atoms with Crippen LogP contribution in [0.1, 0.15) is 51.4 Å². The first-order valence-corrected chi connectivity index (χ1v) is 8.02. The fourth-order valence-electron chi connectivity index (χ4n) is 5.02.